The molecule has 0 aliphatic carbocycles. The average molecular weight is 257 g/mol. The highest BCUT2D eigenvalue weighted by molar-refractivity contribution is 5.33. The van der Waals surface area contributed by atoms with E-state index in [1.54, 1.807) is 12.1 Å². The summed E-state index contributed by atoms with van der Waals surface area (Å²) in [7, 11) is 0. The second-order valence-electron chi connectivity index (χ2n) is 4.95. The van der Waals surface area contributed by atoms with Crippen LogP contribution in [0.5, 0.6) is 0 Å². The van der Waals surface area contributed by atoms with Crippen LogP contribution in [-0.2, 0) is 0 Å². The summed E-state index contributed by atoms with van der Waals surface area (Å²) >= 11 is 0. The minimum atomic E-state index is -0.223. The summed E-state index contributed by atoms with van der Waals surface area (Å²) in [6, 6.07) is 14.9. The van der Waals surface area contributed by atoms with Crippen molar-refractivity contribution in [1.82, 2.24) is 0 Å². The Morgan fingerprint density at radius 2 is 1.79 bits per heavy atom. The topological polar surface area (TPSA) is 26.0 Å². The van der Waals surface area contributed by atoms with Gasteiger partial charge in [-0.15, -0.1) is 0 Å². The van der Waals surface area contributed by atoms with E-state index < -0.39 is 0 Å². The second-order valence-corrected chi connectivity index (χ2v) is 4.95. The fourth-order valence-electron chi connectivity index (χ4n) is 2.58. The minimum absolute atomic E-state index is 0.178. The van der Waals surface area contributed by atoms with Crippen molar-refractivity contribution in [3.8, 4) is 0 Å². The molecule has 0 aliphatic heterocycles. The largest absolute Gasteiger partial charge is 0.323 e. The highest BCUT2D eigenvalue weighted by atomic mass is 19.1. The molecule has 1 nitrogen and oxygen atoms in total. The predicted octanol–water partition coefficient (Wildman–Crippen LogP) is 4.33. The normalized spacial score (nSPS) is 14.1. The minimum Gasteiger partial charge on any atom is -0.323 e. The van der Waals surface area contributed by atoms with Crippen molar-refractivity contribution in [3.63, 3.8) is 0 Å². The molecule has 2 N–H and O–H groups in total. The molecule has 0 fully saturated rings. The Hall–Kier alpha value is -1.67. The van der Waals surface area contributed by atoms with E-state index in [-0.39, 0.29) is 17.8 Å². The van der Waals surface area contributed by atoms with Gasteiger partial charge in [0, 0.05) is 12.0 Å². The number of aryl methyl sites for hydroxylation is 1. The van der Waals surface area contributed by atoms with Gasteiger partial charge in [0.15, 0.2) is 0 Å². The van der Waals surface area contributed by atoms with Crippen LogP contribution in [0.4, 0.5) is 4.39 Å². The number of hydrogen-bond donors (Lipinski definition) is 1. The summed E-state index contributed by atoms with van der Waals surface area (Å²) in [6.07, 6.45) is 0.932. The lowest BCUT2D eigenvalue weighted by atomic mass is 9.84. The maximum absolute atomic E-state index is 13.4. The molecular weight excluding hydrogens is 237 g/mol. The fourth-order valence-corrected chi connectivity index (χ4v) is 2.58. The van der Waals surface area contributed by atoms with Crippen LogP contribution in [0.25, 0.3) is 0 Å². The van der Waals surface area contributed by atoms with E-state index in [2.05, 4.69) is 19.1 Å². The standard InChI is InChI=1S/C17H20FN/c1-3-15(13-7-5-4-6-8-13)17(19)16-11-14(18)10-9-12(16)2/h4-11,15,17H,3,19H2,1-2H3. The van der Waals surface area contributed by atoms with Crippen molar-refractivity contribution in [1.29, 1.82) is 0 Å². The molecule has 0 radical (unpaired) electrons. The Kier molecular flexibility index (Phi) is 4.33. The number of benzene rings is 2. The Balaban J connectivity index is 2.36. The Morgan fingerprint density at radius 3 is 2.42 bits per heavy atom. The van der Waals surface area contributed by atoms with E-state index >= 15 is 0 Å². The Bertz CT molecular complexity index is 536. The summed E-state index contributed by atoms with van der Waals surface area (Å²) in [5, 5.41) is 0. The van der Waals surface area contributed by atoms with Gasteiger partial charge in [-0.05, 0) is 42.2 Å². The zero-order valence-electron chi connectivity index (χ0n) is 11.4. The van der Waals surface area contributed by atoms with Crippen LogP contribution in [0.1, 0.15) is 42.0 Å². The van der Waals surface area contributed by atoms with Crippen LogP contribution in [-0.4, -0.2) is 0 Å². The van der Waals surface area contributed by atoms with Crippen molar-refractivity contribution in [2.24, 2.45) is 5.73 Å². The third kappa shape index (κ3) is 3.02. The van der Waals surface area contributed by atoms with Crippen LogP contribution in [0, 0.1) is 12.7 Å². The first-order valence-corrected chi connectivity index (χ1v) is 6.70. The van der Waals surface area contributed by atoms with E-state index in [0.717, 1.165) is 17.5 Å². The molecule has 0 heterocycles. The second kappa shape index (κ2) is 5.98. The van der Waals surface area contributed by atoms with E-state index in [0.29, 0.717) is 0 Å². The zero-order chi connectivity index (χ0) is 13.8. The number of nitrogens with two attached hydrogens (primary N) is 1. The lowest BCUT2D eigenvalue weighted by molar-refractivity contribution is 0.531. The van der Waals surface area contributed by atoms with E-state index in [1.165, 1.54) is 11.6 Å². The summed E-state index contributed by atoms with van der Waals surface area (Å²) in [4.78, 5) is 0. The molecule has 0 aliphatic rings. The van der Waals surface area contributed by atoms with Gasteiger partial charge in [-0.1, -0.05) is 43.3 Å². The maximum Gasteiger partial charge on any atom is 0.123 e. The molecule has 2 aromatic carbocycles. The van der Waals surface area contributed by atoms with Gasteiger partial charge in [0.05, 0.1) is 0 Å². The zero-order valence-corrected chi connectivity index (χ0v) is 11.4. The average Bonchev–Trinajstić information content (AvgIpc) is 2.43. The Morgan fingerprint density at radius 1 is 1.11 bits per heavy atom. The fraction of sp³-hybridized carbons (Fsp3) is 0.294. The summed E-state index contributed by atoms with van der Waals surface area (Å²) in [6.45, 7) is 4.10. The SMILES string of the molecule is CCC(c1ccccc1)C(N)c1cc(F)ccc1C. The predicted molar refractivity (Wildman–Crippen MR) is 77.5 cm³/mol. The van der Waals surface area contributed by atoms with Gasteiger partial charge in [-0.2, -0.15) is 0 Å². The van der Waals surface area contributed by atoms with Crippen LogP contribution in [0.2, 0.25) is 0 Å². The number of rotatable bonds is 4. The Labute approximate surface area is 114 Å². The molecule has 0 saturated heterocycles. The lowest BCUT2D eigenvalue weighted by Gasteiger charge is -2.25. The van der Waals surface area contributed by atoms with Crippen LogP contribution >= 0.6 is 0 Å². The molecule has 2 atom stereocenters. The monoisotopic (exact) mass is 257 g/mol. The van der Waals surface area contributed by atoms with E-state index in [1.807, 2.05) is 25.1 Å². The summed E-state index contributed by atoms with van der Waals surface area (Å²) in [5.74, 6) is -0.0133. The van der Waals surface area contributed by atoms with Gasteiger partial charge < -0.3 is 5.73 Å². The molecule has 2 heteroatoms. The first-order valence-electron chi connectivity index (χ1n) is 6.70. The van der Waals surface area contributed by atoms with Crippen LogP contribution in [0.15, 0.2) is 48.5 Å². The molecular formula is C17H20FN. The molecule has 0 saturated carbocycles. The highest BCUT2D eigenvalue weighted by Crippen LogP contribution is 2.33. The molecule has 2 aromatic rings. The molecule has 19 heavy (non-hydrogen) atoms. The molecule has 0 bridgehead atoms. The molecule has 0 amide bonds. The molecule has 2 rings (SSSR count). The van der Waals surface area contributed by atoms with E-state index in [4.69, 9.17) is 5.73 Å². The van der Waals surface area contributed by atoms with Crippen molar-refractivity contribution >= 4 is 0 Å². The molecule has 100 valence electrons. The summed E-state index contributed by atoms with van der Waals surface area (Å²) in [5.41, 5.74) is 9.54. The van der Waals surface area contributed by atoms with Gasteiger partial charge in [0.25, 0.3) is 0 Å². The first kappa shape index (κ1) is 13.8. The van der Waals surface area contributed by atoms with Gasteiger partial charge in [0.1, 0.15) is 5.82 Å². The van der Waals surface area contributed by atoms with Crippen LogP contribution < -0.4 is 5.73 Å². The van der Waals surface area contributed by atoms with Crippen molar-refractivity contribution in [2.45, 2.75) is 32.2 Å². The number of hydrogen-bond acceptors (Lipinski definition) is 1. The first-order chi connectivity index (χ1) is 9.13. The van der Waals surface area contributed by atoms with Crippen molar-refractivity contribution in [2.75, 3.05) is 0 Å². The highest BCUT2D eigenvalue weighted by Gasteiger charge is 2.21. The molecule has 0 aromatic heterocycles. The third-order valence-electron chi connectivity index (χ3n) is 3.70. The van der Waals surface area contributed by atoms with Gasteiger partial charge in [0.2, 0.25) is 0 Å². The van der Waals surface area contributed by atoms with E-state index in [9.17, 15) is 4.39 Å². The van der Waals surface area contributed by atoms with Gasteiger partial charge in [-0.25, -0.2) is 4.39 Å². The number of halogens is 1. The molecule has 0 spiro atoms. The quantitative estimate of drug-likeness (QED) is 0.867. The van der Waals surface area contributed by atoms with Crippen molar-refractivity contribution in [3.05, 3.63) is 71.0 Å². The third-order valence-corrected chi connectivity index (χ3v) is 3.70. The van der Waals surface area contributed by atoms with Crippen molar-refractivity contribution < 1.29 is 4.39 Å². The summed E-state index contributed by atoms with van der Waals surface area (Å²) < 4.78 is 13.4. The van der Waals surface area contributed by atoms with Gasteiger partial charge in [-0.3, -0.25) is 0 Å². The smallest absolute Gasteiger partial charge is 0.123 e. The maximum atomic E-state index is 13.4. The van der Waals surface area contributed by atoms with Crippen LogP contribution in [0.3, 0.4) is 0 Å². The molecule has 2 unspecified atom stereocenters. The van der Waals surface area contributed by atoms with Gasteiger partial charge >= 0.3 is 0 Å². The lowest BCUT2D eigenvalue weighted by Crippen LogP contribution is -2.20.